The highest BCUT2D eigenvalue weighted by Gasteiger charge is 2.43. The maximum Gasteiger partial charge on any atom is 0.144 e. The summed E-state index contributed by atoms with van der Waals surface area (Å²) in [5, 5.41) is 0. The van der Waals surface area contributed by atoms with Crippen LogP contribution in [0.2, 0.25) is 0 Å². The van der Waals surface area contributed by atoms with Gasteiger partial charge in [-0.15, -0.1) is 0 Å². The minimum Gasteiger partial charge on any atom is -0.378 e. The van der Waals surface area contributed by atoms with Crippen LogP contribution in [-0.2, 0) is 14.3 Å². The predicted octanol–water partition coefficient (Wildman–Crippen LogP) is 1.88. The van der Waals surface area contributed by atoms with Crippen molar-refractivity contribution in [1.29, 1.82) is 0 Å². The summed E-state index contributed by atoms with van der Waals surface area (Å²) in [6.45, 7) is 2.37. The van der Waals surface area contributed by atoms with Gasteiger partial charge in [-0.2, -0.15) is 0 Å². The molecule has 1 aromatic rings. The van der Waals surface area contributed by atoms with Gasteiger partial charge < -0.3 is 15.2 Å². The topological polar surface area (TPSA) is 61.6 Å². The predicted molar refractivity (Wildman–Crippen MR) is 80.1 cm³/mol. The van der Waals surface area contributed by atoms with Gasteiger partial charge in [0, 0.05) is 32.1 Å². The molecule has 0 aliphatic carbocycles. The third-order valence-electron chi connectivity index (χ3n) is 4.74. The first-order valence-corrected chi connectivity index (χ1v) is 7.74. The van der Waals surface area contributed by atoms with Crippen LogP contribution in [0.25, 0.3) is 0 Å². The van der Waals surface area contributed by atoms with Gasteiger partial charge in [-0.25, -0.2) is 0 Å². The second-order valence-corrected chi connectivity index (χ2v) is 6.13. The van der Waals surface area contributed by atoms with E-state index in [2.05, 4.69) is 0 Å². The Bertz CT molecular complexity index is 482. The molecule has 2 saturated heterocycles. The summed E-state index contributed by atoms with van der Waals surface area (Å²) < 4.78 is 11.4. The number of ether oxygens (including phenoxy) is 2. The molecular weight excluding hydrogens is 266 g/mol. The molecule has 3 atom stereocenters. The number of hydrogen-bond acceptors (Lipinski definition) is 4. The van der Waals surface area contributed by atoms with Gasteiger partial charge >= 0.3 is 0 Å². The molecule has 0 saturated carbocycles. The smallest absolute Gasteiger partial charge is 0.144 e. The number of ketones is 1. The Balaban J connectivity index is 1.74. The van der Waals surface area contributed by atoms with E-state index in [0.29, 0.717) is 19.8 Å². The summed E-state index contributed by atoms with van der Waals surface area (Å²) in [5.41, 5.74) is 6.67. The van der Waals surface area contributed by atoms with Crippen LogP contribution in [0.15, 0.2) is 30.3 Å². The van der Waals surface area contributed by atoms with E-state index in [4.69, 9.17) is 15.2 Å². The lowest BCUT2D eigenvalue weighted by atomic mass is 9.78. The molecule has 21 heavy (non-hydrogen) atoms. The monoisotopic (exact) mass is 289 g/mol. The largest absolute Gasteiger partial charge is 0.378 e. The van der Waals surface area contributed by atoms with Gasteiger partial charge in [0.15, 0.2) is 0 Å². The summed E-state index contributed by atoms with van der Waals surface area (Å²) in [6.07, 6.45) is 2.47. The lowest BCUT2D eigenvalue weighted by molar-refractivity contribution is -0.138. The van der Waals surface area contributed by atoms with Crippen LogP contribution < -0.4 is 5.73 Å². The van der Waals surface area contributed by atoms with Crippen molar-refractivity contribution in [2.24, 2.45) is 11.7 Å². The van der Waals surface area contributed by atoms with E-state index in [0.717, 1.165) is 31.4 Å². The maximum absolute atomic E-state index is 12.9. The zero-order valence-electron chi connectivity index (χ0n) is 12.3. The Morgan fingerprint density at radius 3 is 2.81 bits per heavy atom. The van der Waals surface area contributed by atoms with Crippen molar-refractivity contribution in [3.8, 4) is 0 Å². The zero-order valence-corrected chi connectivity index (χ0v) is 12.3. The Hall–Kier alpha value is -1.23. The molecule has 0 bridgehead atoms. The molecule has 3 unspecified atom stereocenters. The lowest BCUT2D eigenvalue weighted by Gasteiger charge is -2.37. The summed E-state index contributed by atoms with van der Waals surface area (Å²) in [4.78, 5) is 12.9. The second-order valence-electron chi connectivity index (χ2n) is 6.13. The van der Waals surface area contributed by atoms with Crippen molar-refractivity contribution >= 4 is 5.78 Å². The van der Waals surface area contributed by atoms with Crippen LogP contribution in [0, 0.1) is 5.92 Å². The molecule has 1 spiro atoms. The first-order valence-electron chi connectivity index (χ1n) is 7.74. The Morgan fingerprint density at radius 1 is 1.33 bits per heavy atom. The zero-order chi connectivity index (χ0) is 14.7. The third-order valence-corrected chi connectivity index (χ3v) is 4.74. The van der Waals surface area contributed by atoms with E-state index < -0.39 is 0 Å². The van der Waals surface area contributed by atoms with Crippen molar-refractivity contribution < 1.29 is 14.3 Å². The molecule has 2 aliphatic rings. The fraction of sp³-hybridized carbons (Fsp3) is 0.588. The Labute approximate surface area is 125 Å². The fourth-order valence-corrected chi connectivity index (χ4v) is 3.52. The van der Waals surface area contributed by atoms with Gasteiger partial charge in [-0.05, 0) is 18.4 Å². The number of Topliss-reactive ketones (excluding diaryl/α,β-unsaturated/α-hetero) is 1. The number of carbonyl (C=O) groups is 1. The van der Waals surface area contributed by atoms with E-state index in [9.17, 15) is 4.79 Å². The van der Waals surface area contributed by atoms with Crippen molar-refractivity contribution in [3.05, 3.63) is 35.9 Å². The highest BCUT2D eigenvalue weighted by molar-refractivity contribution is 5.88. The number of benzene rings is 1. The van der Waals surface area contributed by atoms with E-state index in [-0.39, 0.29) is 23.2 Å². The number of rotatable bonds is 4. The number of hydrogen-bond donors (Lipinski definition) is 1. The summed E-state index contributed by atoms with van der Waals surface area (Å²) in [7, 11) is 0. The standard InChI is InChI=1S/C17H23NO3/c18-11-15(13-4-2-1-3-5-13)16(19)14-6-8-21-17(10-14)7-9-20-12-17/h1-5,14-15H,6-12,18H2. The van der Waals surface area contributed by atoms with Gasteiger partial charge in [-0.1, -0.05) is 30.3 Å². The molecule has 114 valence electrons. The van der Waals surface area contributed by atoms with Crippen LogP contribution in [0.1, 0.15) is 30.7 Å². The van der Waals surface area contributed by atoms with Crippen molar-refractivity contribution in [2.45, 2.75) is 30.8 Å². The molecule has 4 heteroatoms. The molecule has 0 aromatic heterocycles. The Morgan fingerprint density at radius 2 is 2.14 bits per heavy atom. The number of carbonyl (C=O) groups excluding carboxylic acids is 1. The molecular formula is C17H23NO3. The van der Waals surface area contributed by atoms with Crippen LogP contribution in [0.3, 0.4) is 0 Å². The van der Waals surface area contributed by atoms with Crippen LogP contribution >= 0.6 is 0 Å². The SMILES string of the molecule is NCC(C(=O)C1CCOC2(CCOC2)C1)c1ccccc1. The fourth-order valence-electron chi connectivity index (χ4n) is 3.52. The first kappa shape index (κ1) is 14.7. The third kappa shape index (κ3) is 3.03. The second kappa shape index (κ2) is 6.26. The molecule has 3 rings (SSSR count). The van der Waals surface area contributed by atoms with Crippen molar-refractivity contribution in [2.75, 3.05) is 26.4 Å². The number of nitrogens with two attached hydrogens (primary N) is 1. The van der Waals surface area contributed by atoms with Crippen LogP contribution in [0.4, 0.5) is 0 Å². The molecule has 2 N–H and O–H groups in total. The van der Waals surface area contributed by atoms with Gasteiger partial charge in [0.05, 0.1) is 18.1 Å². The quantitative estimate of drug-likeness (QED) is 0.919. The average molecular weight is 289 g/mol. The first-order chi connectivity index (χ1) is 10.2. The summed E-state index contributed by atoms with van der Waals surface area (Å²) in [6, 6.07) is 9.86. The van der Waals surface area contributed by atoms with E-state index in [1.54, 1.807) is 0 Å². The summed E-state index contributed by atoms with van der Waals surface area (Å²) >= 11 is 0. The molecule has 2 aliphatic heterocycles. The van der Waals surface area contributed by atoms with Crippen molar-refractivity contribution in [1.82, 2.24) is 0 Å². The van der Waals surface area contributed by atoms with Gasteiger partial charge in [0.1, 0.15) is 5.78 Å². The average Bonchev–Trinajstić information content (AvgIpc) is 2.97. The minimum absolute atomic E-state index is 0.0363. The lowest BCUT2D eigenvalue weighted by Crippen LogP contribution is -2.44. The van der Waals surface area contributed by atoms with Gasteiger partial charge in [0.25, 0.3) is 0 Å². The van der Waals surface area contributed by atoms with E-state index >= 15 is 0 Å². The highest BCUT2D eigenvalue weighted by atomic mass is 16.6. The molecule has 4 nitrogen and oxygen atoms in total. The molecule has 2 heterocycles. The Kier molecular flexibility index (Phi) is 4.38. The minimum atomic E-state index is -0.228. The maximum atomic E-state index is 12.9. The molecule has 0 radical (unpaired) electrons. The molecule has 1 aromatic carbocycles. The molecule has 2 fully saturated rings. The van der Waals surface area contributed by atoms with E-state index in [1.807, 2.05) is 30.3 Å². The van der Waals surface area contributed by atoms with E-state index in [1.165, 1.54) is 0 Å². The highest BCUT2D eigenvalue weighted by Crippen LogP contribution is 2.38. The van der Waals surface area contributed by atoms with Crippen LogP contribution in [-0.4, -0.2) is 37.7 Å². The molecule has 0 amide bonds. The van der Waals surface area contributed by atoms with Gasteiger partial charge in [-0.3, -0.25) is 4.79 Å². The van der Waals surface area contributed by atoms with Crippen LogP contribution in [0.5, 0.6) is 0 Å². The van der Waals surface area contributed by atoms with Gasteiger partial charge in [0.2, 0.25) is 0 Å². The normalized spacial score (nSPS) is 30.4. The van der Waals surface area contributed by atoms with Crippen molar-refractivity contribution in [3.63, 3.8) is 0 Å². The summed E-state index contributed by atoms with van der Waals surface area (Å²) in [5.74, 6) is 0.0983.